The van der Waals surface area contributed by atoms with Gasteiger partial charge in [0.1, 0.15) is 17.2 Å². The number of hydrogen-bond acceptors (Lipinski definition) is 4. The topological polar surface area (TPSA) is 44.1 Å². The molecule has 0 aliphatic rings. The van der Waals surface area contributed by atoms with Crippen LogP contribution in [0.25, 0.3) is 32.5 Å². The predicted molar refractivity (Wildman–Crippen MR) is 127 cm³/mol. The molecule has 5 aromatic rings. The fraction of sp³-hybridized carbons (Fsp3) is 0.0769. The minimum atomic E-state index is -0.0370. The van der Waals surface area contributed by atoms with Crippen molar-refractivity contribution in [3.05, 3.63) is 107 Å². The van der Waals surface area contributed by atoms with E-state index in [4.69, 9.17) is 4.74 Å². The number of rotatable bonds is 6. The molecule has 0 saturated carbocycles. The number of ether oxygens (including phenoxy) is 1. The fourth-order valence-corrected chi connectivity index (χ4v) is 4.50. The Morgan fingerprint density at radius 3 is 2.19 bits per heavy atom. The molecule has 0 saturated heterocycles. The number of thiophene rings is 1. The van der Waals surface area contributed by atoms with Gasteiger partial charge < -0.3 is 4.74 Å². The second-order valence-corrected chi connectivity index (χ2v) is 8.04. The summed E-state index contributed by atoms with van der Waals surface area (Å²) in [5.41, 5.74) is 4.23. The van der Waals surface area contributed by atoms with E-state index in [0.717, 1.165) is 27.3 Å². The molecule has 4 nitrogen and oxygen atoms in total. The second-order valence-electron chi connectivity index (χ2n) is 7.18. The van der Waals surface area contributed by atoms with E-state index in [-0.39, 0.29) is 5.56 Å². The van der Waals surface area contributed by atoms with Gasteiger partial charge in [-0.2, -0.15) is 0 Å². The summed E-state index contributed by atoms with van der Waals surface area (Å²) in [6, 6.07) is 28.2. The van der Waals surface area contributed by atoms with Gasteiger partial charge in [0.05, 0.1) is 18.3 Å². The summed E-state index contributed by atoms with van der Waals surface area (Å²) in [4.78, 5) is 18.5. The monoisotopic (exact) mass is 424 g/mol. The van der Waals surface area contributed by atoms with Gasteiger partial charge in [0.15, 0.2) is 0 Å². The molecule has 5 heteroatoms. The maximum Gasteiger partial charge on any atom is 0.262 e. The summed E-state index contributed by atoms with van der Waals surface area (Å²) in [7, 11) is 0. The van der Waals surface area contributed by atoms with E-state index in [0.29, 0.717) is 18.5 Å². The smallest absolute Gasteiger partial charge is 0.262 e. The third-order valence-corrected chi connectivity index (χ3v) is 6.09. The molecule has 0 amide bonds. The van der Waals surface area contributed by atoms with Crippen LogP contribution in [-0.4, -0.2) is 16.2 Å². The first-order chi connectivity index (χ1) is 15.3. The van der Waals surface area contributed by atoms with Gasteiger partial charge in [0, 0.05) is 10.9 Å². The van der Waals surface area contributed by atoms with Crippen molar-refractivity contribution in [2.24, 2.45) is 0 Å². The van der Waals surface area contributed by atoms with Gasteiger partial charge >= 0.3 is 0 Å². The van der Waals surface area contributed by atoms with E-state index >= 15 is 0 Å². The molecule has 2 heterocycles. The quantitative estimate of drug-likeness (QED) is 0.342. The van der Waals surface area contributed by atoms with E-state index in [1.165, 1.54) is 16.9 Å². The van der Waals surface area contributed by atoms with E-state index in [1.54, 1.807) is 10.9 Å². The highest BCUT2D eigenvalue weighted by Crippen LogP contribution is 2.32. The molecule has 0 fully saturated rings. The Morgan fingerprint density at radius 2 is 1.45 bits per heavy atom. The van der Waals surface area contributed by atoms with Crippen molar-refractivity contribution in [2.75, 3.05) is 6.61 Å². The van der Waals surface area contributed by atoms with Gasteiger partial charge in [0.2, 0.25) is 0 Å². The van der Waals surface area contributed by atoms with Crippen molar-refractivity contribution < 1.29 is 4.74 Å². The zero-order chi connectivity index (χ0) is 21.0. The Labute approximate surface area is 184 Å². The zero-order valence-electron chi connectivity index (χ0n) is 16.8. The fourth-order valence-electron chi connectivity index (χ4n) is 3.59. The molecule has 152 valence electrons. The first-order valence-electron chi connectivity index (χ1n) is 10.1. The highest BCUT2D eigenvalue weighted by molar-refractivity contribution is 7.17. The largest absolute Gasteiger partial charge is 0.492 e. The summed E-state index contributed by atoms with van der Waals surface area (Å²) >= 11 is 1.50. The summed E-state index contributed by atoms with van der Waals surface area (Å²) in [5, 5.41) is 2.68. The molecule has 0 atom stereocenters. The SMILES string of the molecule is O=c1c2c(-c3ccc(-c4ccccc4)cc3)csc2ncn1CCOc1ccccc1. The number of nitrogens with zero attached hydrogens (tertiary/aromatic N) is 2. The van der Waals surface area contributed by atoms with Crippen LogP contribution in [0, 0.1) is 0 Å². The number of fused-ring (bicyclic) bond motifs is 1. The third kappa shape index (κ3) is 4.00. The van der Waals surface area contributed by atoms with Crippen molar-refractivity contribution in [3.63, 3.8) is 0 Å². The molecule has 0 N–H and O–H groups in total. The Kier molecular flexibility index (Phi) is 5.33. The van der Waals surface area contributed by atoms with Gasteiger partial charge in [-0.05, 0) is 28.8 Å². The highest BCUT2D eigenvalue weighted by atomic mass is 32.1. The number of aromatic nitrogens is 2. The van der Waals surface area contributed by atoms with Crippen LogP contribution >= 0.6 is 11.3 Å². The molecule has 0 aliphatic carbocycles. The molecule has 0 aliphatic heterocycles. The van der Waals surface area contributed by atoms with Gasteiger partial charge in [-0.25, -0.2) is 4.98 Å². The summed E-state index contributed by atoms with van der Waals surface area (Å²) in [6.45, 7) is 0.848. The van der Waals surface area contributed by atoms with E-state index < -0.39 is 0 Å². The normalized spacial score (nSPS) is 11.0. The maximum atomic E-state index is 13.2. The minimum absolute atomic E-state index is 0.0370. The summed E-state index contributed by atoms with van der Waals surface area (Å²) in [5.74, 6) is 0.791. The van der Waals surface area contributed by atoms with Crippen LogP contribution in [0.3, 0.4) is 0 Å². The average Bonchev–Trinajstić information content (AvgIpc) is 3.27. The van der Waals surface area contributed by atoms with Gasteiger partial charge in [-0.15, -0.1) is 11.3 Å². The minimum Gasteiger partial charge on any atom is -0.492 e. The third-order valence-electron chi connectivity index (χ3n) is 5.21. The van der Waals surface area contributed by atoms with Crippen molar-refractivity contribution in [1.29, 1.82) is 0 Å². The van der Waals surface area contributed by atoms with E-state index in [9.17, 15) is 4.79 Å². The van der Waals surface area contributed by atoms with Crippen LogP contribution in [-0.2, 0) is 6.54 Å². The lowest BCUT2D eigenvalue weighted by atomic mass is 10.0. The van der Waals surface area contributed by atoms with Crippen molar-refractivity contribution in [3.8, 4) is 28.0 Å². The van der Waals surface area contributed by atoms with Crippen LogP contribution in [0.1, 0.15) is 0 Å². The Morgan fingerprint density at radius 1 is 0.806 bits per heavy atom. The van der Waals surface area contributed by atoms with Crippen molar-refractivity contribution in [1.82, 2.24) is 9.55 Å². The van der Waals surface area contributed by atoms with Crippen LogP contribution in [0.5, 0.6) is 5.75 Å². The molecule has 5 rings (SSSR count). The second kappa shape index (κ2) is 8.58. The van der Waals surface area contributed by atoms with E-state index in [1.807, 2.05) is 53.9 Å². The summed E-state index contributed by atoms with van der Waals surface area (Å²) in [6.07, 6.45) is 1.61. The van der Waals surface area contributed by atoms with Crippen LogP contribution < -0.4 is 10.3 Å². The molecule has 3 aromatic carbocycles. The predicted octanol–water partition coefficient (Wildman–Crippen LogP) is 5.87. The molecule has 0 unspecified atom stereocenters. The molecular weight excluding hydrogens is 404 g/mol. The lowest BCUT2D eigenvalue weighted by Gasteiger charge is -2.08. The van der Waals surface area contributed by atoms with Crippen molar-refractivity contribution in [2.45, 2.75) is 6.54 Å². The highest BCUT2D eigenvalue weighted by Gasteiger charge is 2.13. The van der Waals surface area contributed by atoms with Gasteiger partial charge in [-0.1, -0.05) is 72.8 Å². The van der Waals surface area contributed by atoms with Gasteiger partial charge in [-0.3, -0.25) is 9.36 Å². The maximum absolute atomic E-state index is 13.2. The first-order valence-corrected chi connectivity index (χ1v) is 11.0. The Hall–Kier alpha value is -3.70. The lowest BCUT2D eigenvalue weighted by molar-refractivity contribution is 0.296. The van der Waals surface area contributed by atoms with E-state index in [2.05, 4.69) is 41.4 Å². The lowest BCUT2D eigenvalue weighted by Crippen LogP contribution is -2.23. The average molecular weight is 425 g/mol. The molecule has 2 aromatic heterocycles. The zero-order valence-corrected chi connectivity index (χ0v) is 17.6. The number of hydrogen-bond donors (Lipinski definition) is 0. The van der Waals surface area contributed by atoms with Crippen LogP contribution in [0.15, 0.2) is 101 Å². The van der Waals surface area contributed by atoms with Crippen LogP contribution in [0.4, 0.5) is 0 Å². The van der Waals surface area contributed by atoms with Gasteiger partial charge in [0.25, 0.3) is 5.56 Å². The number of benzene rings is 3. The molecule has 0 radical (unpaired) electrons. The van der Waals surface area contributed by atoms with Crippen molar-refractivity contribution >= 4 is 21.6 Å². The van der Waals surface area contributed by atoms with Crippen LogP contribution in [0.2, 0.25) is 0 Å². The molecule has 0 bridgehead atoms. The molecule has 31 heavy (non-hydrogen) atoms. The summed E-state index contributed by atoms with van der Waals surface area (Å²) < 4.78 is 7.37. The Balaban J connectivity index is 1.42. The Bertz CT molecular complexity index is 1360. The standard InChI is InChI=1S/C26H20N2O2S/c29-26-24-23(21-13-11-20(12-14-21)19-7-3-1-4-8-19)17-31-25(24)27-18-28(26)15-16-30-22-9-5-2-6-10-22/h1-14,17-18H,15-16H2. The molecular formula is C26H20N2O2S. The first kappa shape index (κ1) is 19.3. The number of para-hydroxylation sites is 1. The molecule has 0 spiro atoms.